The van der Waals surface area contributed by atoms with Crippen molar-refractivity contribution in [1.82, 2.24) is 0 Å². The molecule has 0 fully saturated rings. The molecule has 0 aliphatic carbocycles. The molecular formula is C12H14O2S. The van der Waals surface area contributed by atoms with Crippen LogP contribution in [-0.4, -0.2) is 16.3 Å². The van der Waals surface area contributed by atoms with E-state index < -0.39 is 5.97 Å². The number of rotatable bonds is 2. The van der Waals surface area contributed by atoms with Gasteiger partial charge in [0.1, 0.15) is 0 Å². The van der Waals surface area contributed by atoms with Crippen molar-refractivity contribution in [3.63, 3.8) is 0 Å². The number of hydrogen-bond acceptors (Lipinski definition) is 2. The molecule has 1 aromatic carbocycles. The molecule has 3 heteroatoms. The average molecular weight is 222 g/mol. The topological polar surface area (TPSA) is 37.3 Å². The third-order valence-corrected chi connectivity index (χ3v) is 4.51. The van der Waals surface area contributed by atoms with Crippen LogP contribution in [0.25, 0.3) is 0 Å². The highest BCUT2D eigenvalue weighted by atomic mass is 32.2. The van der Waals surface area contributed by atoms with Gasteiger partial charge in [-0.25, -0.2) is 0 Å². The molecule has 0 radical (unpaired) electrons. The number of carbonyl (C=O) groups is 1. The second kappa shape index (κ2) is 3.89. The molecule has 1 aliphatic heterocycles. The van der Waals surface area contributed by atoms with E-state index in [4.69, 9.17) is 5.11 Å². The molecule has 0 spiro atoms. The van der Waals surface area contributed by atoms with E-state index in [1.165, 1.54) is 16.0 Å². The zero-order valence-electron chi connectivity index (χ0n) is 8.86. The molecule has 2 unspecified atom stereocenters. The number of benzene rings is 1. The van der Waals surface area contributed by atoms with Gasteiger partial charge in [-0.05, 0) is 30.5 Å². The Morgan fingerprint density at radius 3 is 2.93 bits per heavy atom. The smallest absolute Gasteiger partial charge is 0.307 e. The minimum absolute atomic E-state index is 0.193. The third-order valence-electron chi connectivity index (χ3n) is 3.00. The van der Waals surface area contributed by atoms with E-state index in [2.05, 4.69) is 19.1 Å². The first-order chi connectivity index (χ1) is 7.09. The summed E-state index contributed by atoms with van der Waals surface area (Å²) >= 11 is 1.71. The number of thioether (sulfide) groups is 1. The first-order valence-electron chi connectivity index (χ1n) is 5.07. The Morgan fingerprint density at radius 2 is 2.33 bits per heavy atom. The van der Waals surface area contributed by atoms with Gasteiger partial charge < -0.3 is 5.11 Å². The molecule has 15 heavy (non-hydrogen) atoms. The first-order valence-corrected chi connectivity index (χ1v) is 5.95. The minimum atomic E-state index is -0.696. The maximum absolute atomic E-state index is 10.9. The van der Waals surface area contributed by atoms with Crippen molar-refractivity contribution < 1.29 is 9.90 Å². The van der Waals surface area contributed by atoms with Crippen LogP contribution in [-0.2, 0) is 11.2 Å². The van der Waals surface area contributed by atoms with E-state index >= 15 is 0 Å². The highest BCUT2D eigenvalue weighted by molar-refractivity contribution is 8.00. The number of aliphatic carboxylic acids is 1. The number of aryl methyl sites for hydroxylation is 1. The summed E-state index contributed by atoms with van der Waals surface area (Å²) in [4.78, 5) is 12.2. The van der Waals surface area contributed by atoms with Crippen LogP contribution in [0.5, 0.6) is 0 Å². The van der Waals surface area contributed by atoms with Crippen LogP contribution < -0.4 is 0 Å². The lowest BCUT2D eigenvalue weighted by Gasteiger charge is -2.12. The molecule has 1 heterocycles. The van der Waals surface area contributed by atoms with Crippen molar-refractivity contribution in [2.45, 2.75) is 30.4 Å². The summed E-state index contributed by atoms with van der Waals surface area (Å²) in [6.45, 7) is 3.88. The summed E-state index contributed by atoms with van der Waals surface area (Å²) in [5, 5.41) is 9.17. The molecular weight excluding hydrogens is 208 g/mol. The normalized spacial score (nSPS) is 21.1. The maximum Gasteiger partial charge on any atom is 0.307 e. The molecule has 0 saturated carbocycles. The zero-order chi connectivity index (χ0) is 11.0. The minimum Gasteiger partial charge on any atom is -0.481 e. The van der Waals surface area contributed by atoms with Crippen LogP contribution in [0.4, 0.5) is 0 Å². The van der Waals surface area contributed by atoms with E-state index in [0.29, 0.717) is 0 Å². The summed E-state index contributed by atoms with van der Waals surface area (Å²) in [7, 11) is 0. The van der Waals surface area contributed by atoms with Crippen LogP contribution in [0.1, 0.15) is 18.1 Å². The monoisotopic (exact) mass is 222 g/mol. The molecule has 0 saturated heterocycles. The summed E-state index contributed by atoms with van der Waals surface area (Å²) in [6, 6.07) is 6.21. The predicted octanol–water partition coefficient (Wildman–Crippen LogP) is 2.73. The van der Waals surface area contributed by atoms with E-state index in [1.54, 1.807) is 18.7 Å². The van der Waals surface area contributed by atoms with Crippen molar-refractivity contribution in [1.29, 1.82) is 0 Å². The number of carboxylic acids is 1. The van der Waals surface area contributed by atoms with Gasteiger partial charge in [0.2, 0.25) is 0 Å². The van der Waals surface area contributed by atoms with Gasteiger partial charge in [0.25, 0.3) is 0 Å². The van der Waals surface area contributed by atoms with Gasteiger partial charge in [-0.2, -0.15) is 0 Å². The van der Waals surface area contributed by atoms with Gasteiger partial charge in [-0.15, -0.1) is 11.8 Å². The molecule has 1 aromatic rings. The summed E-state index contributed by atoms with van der Waals surface area (Å²) in [5.41, 5.74) is 2.61. The fraction of sp³-hybridized carbons (Fsp3) is 0.417. The average Bonchev–Trinajstić information content (AvgIpc) is 2.61. The van der Waals surface area contributed by atoms with Crippen LogP contribution in [0.3, 0.4) is 0 Å². The fourth-order valence-corrected chi connectivity index (χ4v) is 3.33. The van der Waals surface area contributed by atoms with Crippen LogP contribution in [0, 0.1) is 12.8 Å². The van der Waals surface area contributed by atoms with Gasteiger partial charge >= 0.3 is 5.97 Å². The number of fused-ring (bicyclic) bond motifs is 1. The van der Waals surface area contributed by atoms with Crippen molar-refractivity contribution in [2.75, 3.05) is 0 Å². The van der Waals surface area contributed by atoms with Gasteiger partial charge in [0, 0.05) is 10.1 Å². The number of carboxylic acid groups (broad SMARTS) is 1. The Kier molecular flexibility index (Phi) is 2.74. The lowest BCUT2D eigenvalue weighted by Crippen LogP contribution is -2.22. The molecule has 2 rings (SSSR count). The van der Waals surface area contributed by atoms with Crippen molar-refractivity contribution in [2.24, 2.45) is 5.92 Å². The number of hydrogen-bond donors (Lipinski definition) is 1. The van der Waals surface area contributed by atoms with Crippen LogP contribution in [0.15, 0.2) is 23.1 Å². The Morgan fingerprint density at radius 1 is 1.60 bits per heavy atom. The molecule has 2 atom stereocenters. The standard InChI is InChI=1S/C12H14O2S/c1-7-4-3-5-10-9(7)6-11(15-10)8(2)12(13)14/h3-5,8,11H,6H2,1-2H3,(H,13,14). The summed E-state index contributed by atoms with van der Waals surface area (Å²) < 4.78 is 0. The molecule has 80 valence electrons. The maximum atomic E-state index is 10.9. The Balaban J connectivity index is 2.23. The summed E-state index contributed by atoms with van der Waals surface area (Å²) in [6.07, 6.45) is 0.889. The molecule has 0 amide bonds. The molecule has 0 bridgehead atoms. The quantitative estimate of drug-likeness (QED) is 0.836. The van der Waals surface area contributed by atoms with Crippen LogP contribution >= 0.6 is 11.8 Å². The van der Waals surface area contributed by atoms with E-state index in [1.807, 2.05) is 6.07 Å². The SMILES string of the molecule is Cc1cccc2c1CC(C(C)C(=O)O)S2. The molecule has 0 aromatic heterocycles. The van der Waals surface area contributed by atoms with Gasteiger partial charge in [-0.1, -0.05) is 19.1 Å². The fourth-order valence-electron chi connectivity index (χ4n) is 1.89. The lowest BCUT2D eigenvalue weighted by molar-refractivity contribution is -0.141. The van der Waals surface area contributed by atoms with E-state index in [9.17, 15) is 4.79 Å². The largest absolute Gasteiger partial charge is 0.481 e. The van der Waals surface area contributed by atoms with Gasteiger partial charge in [0.15, 0.2) is 0 Å². The third kappa shape index (κ3) is 1.88. The predicted molar refractivity (Wildman–Crippen MR) is 61.3 cm³/mol. The Bertz CT molecular complexity index is 401. The zero-order valence-corrected chi connectivity index (χ0v) is 9.67. The Hall–Kier alpha value is -0.960. The van der Waals surface area contributed by atoms with Gasteiger partial charge in [0.05, 0.1) is 5.92 Å². The second-order valence-electron chi connectivity index (χ2n) is 4.04. The Labute approximate surface area is 93.7 Å². The highest BCUT2D eigenvalue weighted by Crippen LogP contribution is 2.41. The molecule has 1 N–H and O–H groups in total. The van der Waals surface area contributed by atoms with Crippen molar-refractivity contribution >= 4 is 17.7 Å². The highest BCUT2D eigenvalue weighted by Gasteiger charge is 2.31. The lowest BCUT2D eigenvalue weighted by atomic mass is 9.98. The molecule has 2 nitrogen and oxygen atoms in total. The molecule has 1 aliphatic rings. The van der Waals surface area contributed by atoms with E-state index in [-0.39, 0.29) is 11.2 Å². The van der Waals surface area contributed by atoms with Crippen LogP contribution in [0.2, 0.25) is 0 Å². The summed E-state index contributed by atoms with van der Waals surface area (Å²) in [5.74, 6) is -0.972. The van der Waals surface area contributed by atoms with E-state index in [0.717, 1.165) is 6.42 Å². The van der Waals surface area contributed by atoms with Gasteiger partial charge in [-0.3, -0.25) is 4.79 Å². The van der Waals surface area contributed by atoms with Crippen molar-refractivity contribution in [3.05, 3.63) is 29.3 Å². The second-order valence-corrected chi connectivity index (χ2v) is 5.32. The first kappa shape index (κ1) is 10.6. The van der Waals surface area contributed by atoms with Crippen molar-refractivity contribution in [3.8, 4) is 0 Å².